The first-order valence-electron chi connectivity index (χ1n) is 12.4. The Labute approximate surface area is 207 Å². The van der Waals surface area contributed by atoms with Gasteiger partial charge in [-0.15, -0.1) is 0 Å². The highest BCUT2D eigenvalue weighted by Crippen LogP contribution is 2.28. The van der Waals surface area contributed by atoms with Crippen molar-refractivity contribution in [3.8, 4) is 0 Å². The van der Waals surface area contributed by atoms with Crippen LogP contribution in [-0.2, 0) is 28.9 Å². The van der Waals surface area contributed by atoms with Crippen LogP contribution >= 0.6 is 0 Å². The third-order valence-electron chi connectivity index (χ3n) is 7.19. The Bertz CT molecular complexity index is 1170. The van der Waals surface area contributed by atoms with Crippen LogP contribution in [-0.4, -0.2) is 82.9 Å². The lowest BCUT2D eigenvalue weighted by Gasteiger charge is -2.36. The van der Waals surface area contributed by atoms with Gasteiger partial charge in [0.05, 0.1) is 17.9 Å². The summed E-state index contributed by atoms with van der Waals surface area (Å²) in [5.74, 6) is -4.21. The molecule has 3 aliphatic rings. The molecule has 2 aromatic rings. The quantitative estimate of drug-likeness (QED) is 0.597. The van der Waals surface area contributed by atoms with Crippen molar-refractivity contribution in [1.82, 2.24) is 19.6 Å². The molecule has 1 aromatic carbocycles. The molecular weight excluding hydrogens is 475 g/mol. The van der Waals surface area contributed by atoms with E-state index in [0.717, 1.165) is 36.6 Å². The predicted octanol–water partition coefficient (Wildman–Crippen LogP) is 2.39. The largest absolute Gasteiger partial charge is 0.372 e. The Morgan fingerprint density at radius 2 is 1.67 bits per heavy atom. The number of carbonyl (C=O) groups is 2. The van der Waals surface area contributed by atoms with Crippen molar-refractivity contribution in [1.29, 1.82) is 0 Å². The smallest absolute Gasteiger partial charge is 0.274 e. The predicted molar refractivity (Wildman–Crippen MR) is 125 cm³/mol. The first-order chi connectivity index (χ1) is 17.2. The van der Waals surface area contributed by atoms with Crippen molar-refractivity contribution in [2.75, 3.05) is 44.2 Å². The molecular formula is C25H30F3N5O3. The van der Waals surface area contributed by atoms with Crippen molar-refractivity contribution < 1.29 is 27.5 Å². The van der Waals surface area contributed by atoms with Gasteiger partial charge in [-0.1, -0.05) is 0 Å². The van der Waals surface area contributed by atoms with Gasteiger partial charge >= 0.3 is 0 Å². The van der Waals surface area contributed by atoms with Gasteiger partial charge < -0.3 is 19.4 Å². The fourth-order valence-corrected chi connectivity index (χ4v) is 5.49. The van der Waals surface area contributed by atoms with Crippen LogP contribution in [0.1, 0.15) is 42.0 Å². The number of hydrogen-bond donors (Lipinski definition) is 0. The van der Waals surface area contributed by atoms with E-state index in [1.54, 1.807) is 19.4 Å². The number of hydrogen-bond acceptors (Lipinski definition) is 5. The van der Waals surface area contributed by atoms with Gasteiger partial charge in [0.2, 0.25) is 5.91 Å². The summed E-state index contributed by atoms with van der Waals surface area (Å²) in [4.78, 5) is 31.4. The zero-order valence-electron chi connectivity index (χ0n) is 20.5. The molecule has 5 rings (SSSR count). The van der Waals surface area contributed by atoms with Crippen LogP contribution in [0.5, 0.6) is 0 Å². The number of amides is 2. The van der Waals surface area contributed by atoms with Crippen molar-refractivity contribution >= 4 is 17.5 Å². The molecule has 8 nitrogen and oxygen atoms in total. The van der Waals surface area contributed by atoms with Crippen LogP contribution in [0.25, 0.3) is 0 Å². The lowest BCUT2D eigenvalue weighted by Crippen LogP contribution is -2.50. The normalized spacial score (nSPS) is 22.2. The number of carbonyl (C=O) groups excluding carboxylic acids is 2. The Balaban J connectivity index is 1.26. The van der Waals surface area contributed by atoms with Gasteiger partial charge in [-0.2, -0.15) is 5.10 Å². The number of nitrogens with zero attached hydrogens (tertiary/aromatic N) is 5. The van der Waals surface area contributed by atoms with E-state index in [9.17, 15) is 22.8 Å². The van der Waals surface area contributed by atoms with E-state index in [1.807, 2.05) is 13.8 Å². The van der Waals surface area contributed by atoms with Crippen LogP contribution in [0.2, 0.25) is 0 Å². The molecule has 2 fully saturated rings. The number of halogens is 3. The minimum absolute atomic E-state index is 0.0131. The van der Waals surface area contributed by atoms with Gasteiger partial charge in [0.15, 0.2) is 23.1 Å². The summed E-state index contributed by atoms with van der Waals surface area (Å²) in [5.41, 5.74) is 2.28. The first kappa shape index (κ1) is 24.6. The summed E-state index contributed by atoms with van der Waals surface area (Å²) < 4.78 is 48.5. The van der Waals surface area contributed by atoms with E-state index >= 15 is 0 Å². The van der Waals surface area contributed by atoms with Gasteiger partial charge in [-0.3, -0.25) is 14.3 Å². The van der Waals surface area contributed by atoms with Crippen LogP contribution in [0.3, 0.4) is 0 Å². The summed E-state index contributed by atoms with van der Waals surface area (Å²) in [5, 5.41) is 4.58. The lowest BCUT2D eigenvalue weighted by atomic mass is 10.1. The summed E-state index contributed by atoms with van der Waals surface area (Å²) in [6.45, 7) is 6.14. The second-order valence-corrected chi connectivity index (χ2v) is 9.81. The van der Waals surface area contributed by atoms with Crippen molar-refractivity contribution in [3.63, 3.8) is 0 Å². The van der Waals surface area contributed by atoms with Gasteiger partial charge in [0.1, 0.15) is 6.54 Å². The molecule has 1 aliphatic carbocycles. The number of piperazine rings is 1. The van der Waals surface area contributed by atoms with Gasteiger partial charge in [-0.25, -0.2) is 13.2 Å². The molecule has 0 saturated carbocycles. The highest BCUT2D eigenvalue weighted by Gasteiger charge is 2.33. The summed E-state index contributed by atoms with van der Waals surface area (Å²) in [6, 6.07) is 2.12. The monoisotopic (exact) mass is 505 g/mol. The van der Waals surface area contributed by atoms with E-state index in [4.69, 9.17) is 4.74 Å². The molecule has 0 N–H and O–H groups in total. The van der Waals surface area contributed by atoms with Crippen LogP contribution < -0.4 is 4.90 Å². The Morgan fingerprint density at radius 3 is 2.36 bits per heavy atom. The Morgan fingerprint density at radius 1 is 0.972 bits per heavy atom. The third-order valence-corrected chi connectivity index (χ3v) is 7.19. The second-order valence-electron chi connectivity index (χ2n) is 9.81. The molecule has 2 amide bonds. The summed E-state index contributed by atoms with van der Waals surface area (Å²) in [6.07, 6.45) is 2.34. The lowest BCUT2D eigenvalue weighted by molar-refractivity contribution is -0.132. The average Bonchev–Trinajstić information content (AvgIpc) is 3.46. The van der Waals surface area contributed by atoms with Gasteiger partial charge in [-0.05, 0) is 45.2 Å². The zero-order valence-corrected chi connectivity index (χ0v) is 20.5. The van der Waals surface area contributed by atoms with Crippen molar-refractivity contribution in [2.24, 2.45) is 0 Å². The number of aromatic nitrogens is 2. The standard InChI is InChI=1S/C25H30F3N5O3/c1-15-12-32(13-16(2)36-15)25(35)24-17-4-3-5-19(17)33(29-24)14-21(34)31-10-8-30(9-11-31)20-7-6-18(26)22(27)23(20)28/h6-7,15-16H,3-5,8-14H2,1-2H3/t15-,16+. The number of ether oxygens (including phenoxy) is 1. The molecule has 0 unspecified atom stereocenters. The molecule has 194 valence electrons. The first-order valence-corrected chi connectivity index (χ1v) is 12.4. The zero-order chi connectivity index (χ0) is 25.6. The number of rotatable bonds is 4. The molecule has 0 radical (unpaired) electrons. The molecule has 1 aromatic heterocycles. The van der Waals surface area contributed by atoms with E-state index < -0.39 is 17.5 Å². The minimum atomic E-state index is -1.50. The second kappa shape index (κ2) is 9.76. The van der Waals surface area contributed by atoms with E-state index in [1.165, 1.54) is 6.07 Å². The number of anilines is 1. The Hall–Kier alpha value is -3.08. The highest BCUT2D eigenvalue weighted by molar-refractivity contribution is 5.94. The topological polar surface area (TPSA) is 70.9 Å². The fraction of sp³-hybridized carbons (Fsp3) is 0.560. The summed E-state index contributed by atoms with van der Waals surface area (Å²) in [7, 11) is 0. The average molecular weight is 506 g/mol. The van der Waals surface area contributed by atoms with E-state index in [0.29, 0.717) is 45.0 Å². The van der Waals surface area contributed by atoms with Crippen molar-refractivity contribution in [2.45, 2.75) is 51.9 Å². The molecule has 36 heavy (non-hydrogen) atoms. The molecule has 2 atom stereocenters. The maximum absolute atomic E-state index is 14.2. The van der Waals surface area contributed by atoms with Gasteiger partial charge in [0.25, 0.3) is 5.91 Å². The van der Waals surface area contributed by atoms with Crippen molar-refractivity contribution in [3.05, 3.63) is 46.5 Å². The summed E-state index contributed by atoms with van der Waals surface area (Å²) >= 11 is 0. The maximum Gasteiger partial charge on any atom is 0.274 e. The molecule has 0 spiro atoms. The van der Waals surface area contributed by atoms with E-state index in [2.05, 4.69) is 5.10 Å². The van der Waals surface area contributed by atoms with Crippen LogP contribution in [0, 0.1) is 17.5 Å². The molecule has 2 aliphatic heterocycles. The molecule has 2 saturated heterocycles. The third kappa shape index (κ3) is 4.56. The minimum Gasteiger partial charge on any atom is -0.372 e. The molecule has 0 bridgehead atoms. The Kier molecular flexibility index (Phi) is 6.67. The fourth-order valence-electron chi connectivity index (χ4n) is 5.49. The van der Waals surface area contributed by atoms with Crippen LogP contribution in [0.4, 0.5) is 18.9 Å². The maximum atomic E-state index is 14.2. The van der Waals surface area contributed by atoms with Gasteiger partial charge in [0, 0.05) is 50.5 Å². The number of benzene rings is 1. The van der Waals surface area contributed by atoms with Crippen LogP contribution in [0.15, 0.2) is 12.1 Å². The SMILES string of the molecule is C[C@@H]1CN(C(=O)c2nn(CC(=O)N3CCN(c4ccc(F)c(F)c4F)CC3)c3c2CCC3)C[C@H](C)O1. The molecule has 3 heterocycles. The number of morpholine rings is 1. The highest BCUT2D eigenvalue weighted by atomic mass is 19.2. The molecule has 11 heteroatoms. The number of fused-ring (bicyclic) bond motifs is 1. The van der Waals surface area contributed by atoms with E-state index in [-0.39, 0.29) is 36.3 Å².